The molecule has 1 aliphatic rings. The predicted molar refractivity (Wildman–Crippen MR) is 74.6 cm³/mol. The average molecular weight is 280 g/mol. The summed E-state index contributed by atoms with van der Waals surface area (Å²) in [6, 6.07) is 6.26. The molecule has 1 saturated heterocycles. The van der Waals surface area contributed by atoms with Crippen LogP contribution in [-0.4, -0.2) is 37.0 Å². The molecule has 1 amide bonds. The highest BCUT2D eigenvalue weighted by Crippen LogP contribution is 2.23. The molecule has 0 spiro atoms. The molecule has 0 bridgehead atoms. The molecular formula is C15H21FN2O2. The summed E-state index contributed by atoms with van der Waals surface area (Å²) in [5.74, 6) is -0.117. The average Bonchev–Trinajstić information content (AvgIpc) is 2.48. The van der Waals surface area contributed by atoms with Crippen LogP contribution in [0.3, 0.4) is 0 Å². The highest BCUT2D eigenvalue weighted by Gasteiger charge is 2.24. The monoisotopic (exact) mass is 280 g/mol. The zero-order chi connectivity index (χ0) is 14.4. The van der Waals surface area contributed by atoms with E-state index >= 15 is 0 Å². The summed E-state index contributed by atoms with van der Waals surface area (Å²) in [7, 11) is 0. The van der Waals surface area contributed by atoms with E-state index in [2.05, 4.69) is 0 Å². The first-order valence-electron chi connectivity index (χ1n) is 7.05. The second-order valence-corrected chi connectivity index (χ2v) is 5.00. The second kappa shape index (κ2) is 7.36. The van der Waals surface area contributed by atoms with Crippen LogP contribution < -0.4 is 5.73 Å². The first kappa shape index (κ1) is 14.9. The normalized spacial score (nSPS) is 19.1. The standard InChI is InChI=1S/C15H21FN2O2/c16-13-6-4-12(5-7-13)14-11-18(9-10-20-14)15(19)3-1-2-8-17/h4-7,14H,1-3,8-11,17H2. The largest absolute Gasteiger partial charge is 0.370 e. The maximum absolute atomic E-state index is 12.9. The molecule has 1 atom stereocenters. The molecule has 0 saturated carbocycles. The third-order valence-corrected chi connectivity index (χ3v) is 3.51. The van der Waals surface area contributed by atoms with E-state index in [0.717, 1.165) is 18.4 Å². The number of hydrogen-bond acceptors (Lipinski definition) is 3. The zero-order valence-electron chi connectivity index (χ0n) is 11.6. The number of halogens is 1. The quantitative estimate of drug-likeness (QED) is 0.838. The number of morpholine rings is 1. The third kappa shape index (κ3) is 4.02. The SMILES string of the molecule is NCCCCC(=O)N1CCOC(c2ccc(F)cc2)C1. The number of benzene rings is 1. The molecule has 1 aliphatic heterocycles. The highest BCUT2D eigenvalue weighted by molar-refractivity contribution is 5.76. The van der Waals surface area contributed by atoms with Gasteiger partial charge < -0.3 is 15.4 Å². The van der Waals surface area contributed by atoms with Gasteiger partial charge in [-0.1, -0.05) is 12.1 Å². The number of carbonyl (C=O) groups is 1. The molecular weight excluding hydrogens is 259 g/mol. The van der Waals surface area contributed by atoms with Gasteiger partial charge in [0, 0.05) is 13.0 Å². The van der Waals surface area contributed by atoms with E-state index < -0.39 is 0 Å². The summed E-state index contributed by atoms with van der Waals surface area (Å²) in [5.41, 5.74) is 6.34. The van der Waals surface area contributed by atoms with Gasteiger partial charge in [-0.05, 0) is 37.1 Å². The van der Waals surface area contributed by atoms with Crippen LogP contribution in [0, 0.1) is 5.82 Å². The Bertz CT molecular complexity index is 436. The smallest absolute Gasteiger partial charge is 0.222 e. The molecule has 110 valence electrons. The minimum Gasteiger partial charge on any atom is -0.370 e. The van der Waals surface area contributed by atoms with Crippen molar-refractivity contribution in [1.29, 1.82) is 0 Å². The van der Waals surface area contributed by atoms with Crippen molar-refractivity contribution in [3.8, 4) is 0 Å². The topological polar surface area (TPSA) is 55.6 Å². The van der Waals surface area contributed by atoms with Crippen molar-refractivity contribution in [2.45, 2.75) is 25.4 Å². The van der Waals surface area contributed by atoms with Gasteiger partial charge in [0.15, 0.2) is 0 Å². The molecule has 1 aromatic rings. The lowest BCUT2D eigenvalue weighted by molar-refractivity contribution is -0.139. The molecule has 0 radical (unpaired) electrons. The Morgan fingerprint density at radius 3 is 2.80 bits per heavy atom. The van der Waals surface area contributed by atoms with Crippen molar-refractivity contribution in [3.63, 3.8) is 0 Å². The number of unbranched alkanes of at least 4 members (excludes halogenated alkanes) is 1. The Balaban J connectivity index is 1.91. The first-order chi connectivity index (χ1) is 9.70. The van der Waals surface area contributed by atoms with Gasteiger partial charge in [-0.15, -0.1) is 0 Å². The van der Waals surface area contributed by atoms with Gasteiger partial charge in [-0.3, -0.25) is 4.79 Å². The molecule has 1 aromatic carbocycles. The van der Waals surface area contributed by atoms with E-state index in [0.29, 0.717) is 32.7 Å². The summed E-state index contributed by atoms with van der Waals surface area (Å²) >= 11 is 0. The van der Waals surface area contributed by atoms with Gasteiger partial charge in [-0.25, -0.2) is 4.39 Å². The van der Waals surface area contributed by atoms with Gasteiger partial charge in [0.1, 0.15) is 11.9 Å². The Morgan fingerprint density at radius 2 is 2.10 bits per heavy atom. The van der Waals surface area contributed by atoms with Gasteiger partial charge >= 0.3 is 0 Å². The number of rotatable bonds is 5. The summed E-state index contributed by atoms with van der Waals surface area (Å²) in [6.07, 6.45) is 2.07. The number of carbonyl (C=O) groups excluding carboxylic acids is 1. The van der Waals surface area contributed by atoms with Crippen LogP contribution in [0.25, 0.3) is 0 Å². The third-order valence-electron chi connectivity index (χ3n) is 3.51. The maximum Gasteiger partial charge on any atom is 0.222 e. The minimum absolute atomic E-state index is 0.147. The molecule has 0 aliphatic carbocycles. The van der Waals surface area contributed by atoms with Crippen molar-refractivity contribution >= 4 is 5.91 Å². The lowest BCUT2D eigenvalue weighted by atomic mass is 10.1. The van der Waals surface area contributed by atoms with Crippen LogP contribution in [0.5, 0.6) is 0 Å². The van der Waals surface area contributed by atoms with E-state index in [4.69, 9.17) is 10.5 Å². The van der Waals surface area contributed by atoms with Crippen molar-refractivity contribution in [3.05, 3.63) is 35.6 Å². The van der Waals surface area contributed by atoms with Crippen molar-refractivity contribution < 1.29 is 13.9 Å². The van der Waals surface area contributed by atoms with Crippen molar-refractivity contribution in [2.75, 3.05) is 26.2 Å². The molecule has 2 rings (SSSR count). The van der Waals surface area contributed by atoms with E-state index in [9.17, 15) is 9.18 Å². The molecule has 20 heavy (non-hydrogen) atoms. The van der Waals surface area contributed by atoms with Gasteiger partial charge in [0.05, 0.1) is 13.2 Å². The molecule has 5 heteroatoms. The fourth-order valence-corrected chi connectivity index (χ4v) is 2.33. The second-order valence-electron chi connectivity index (χ2n) is 5.00. The summed E-state index contributed by atoms with van der Waals surface area (Å²) < 4.78 is 18.6. The Kier molecular flexibility index (Phi) is 5.49. The van der Waals surface area contributed by atoms with Crippen LogP contribution in [0.1, 0.15) is 30.9 Å². The molecule has 4 nitrogen and oxygen atoms in total. The number of nitrogens with zero attached hydrogens (tertiary/aromatic N) is 1. The van der Waals surface area contributed by atoms with E-state index in [1.54, 1.807) is 12.1 Å². The Hall–Kier alpha value is -1.46. The molecule has 1 fully saturated rings. The fraction of sp³-hybridized carbons (Fsp3) is 0.533. The molecule has 0 aromatic heterocycles. The fourth-order valence-electron chi connectivity index (χ4n) is 2.33. The first-order valence-corrected chi connectivity index (χ1v) is 7.05. The number of hydrogen-bond donors (Lipinski definition) is 1. The number of ether oxygens (including phenoxy) is 1. The molecule has 2 N–H and O–H groups in total. The van der Waals surface area contributed by atoms with E-state index in [1.807, 2.05) is 4.90 Å². The van der Waals surface area contributed by atoms with Crippen LogP contribution in [0.2, 0.25) is 0 Å². The lowest BCUT2D eigenvalue weighted by Gasteiger charge is -2.33. The van der Waals surface area contributed by atoms with Crippen LogP contribution in [0.15, 0.2) is 24.3 Å². The van der Waals surface area contributed by atoms with Crippen LogP contribution in [0.4, 0.5) is 4.39 Å². The lowest BCUT2D eigenvalue weighted by Crippen LogP contribution is -2.42. The van der Waals surface area contributed by atoms with E-state index in [-0.39, 0.29) is 17.8 Å². The Labute approximate surface area is 118 Å². The molecule has 1 heterocycles. The van der Waals surface area contributed by atoms with E-state index in [1.165, 1.54) is 12.1 Å². The van der Waals surface area contributed by atoms with Gasteiger partial charge in [0.2, 0.25) is 5.91 Å². The predicted octanol–water partition coefficient (Wildman–Crippen LogP) is 1.85. The van der Waals surface area contributed by atoms with Gasteiger partial charge in [0.25, 0.3) is 0 Å². The zero-order valence-corrected chi connectivity index (χ0v) is 11.6. The minimum atomic E-state index is -0.265. The highest BCUT2D eigenvalue weighted by atomic mass is 19.1. The Morgan fingerprint density at radius 1 is 1.35 bits per heavy atom. The molecule has 1 unspecified atom stereocenters. The maximum atomic E-state index is 12.9. The van der Waals surface area contributed by atoms with Gasteiger partial charge in [-0.2, -0.15) is 0 Å². The van der Waals surface area contributed by atoms with Crippen LogP contribution in [-0.2, 0) is 9.53 Å². The number of nitrogens with two attached hydrogens (primary N) is 1. The summed E-state index contributed by atoms with van der Waals surface area (Å²) in [6.45, 7) is 2.30. The summed E-state index contributed by atoms with van der Waals surface area (Å²) in [5, 5.41) is 0. The van der Waals surface area contributed by atoms with Crippen molar-refractivity contribution in [1.82, 2.24) is 4.90 Å². The summed E-state index contributed by atoms with van der Waals surface area (Å²) in [4.78, 5) is 13.9. The van der Waals surface area contributed by atoms with Crippen molar-refractivity contribution in [2.24, 2.45) is 5.73 Å². The number of amides is 1. The van der Waals surface area contributed by atoms with Crippen LogP contribution >= 0.6 is 0 Å².